The number of aliphatic imine (C=N–C) groups is 1. The molecule has 0 bridgehead atoms. The highest BCUT2D eigenvalue weighted by Crippen LogP contribution is 2.35. The fourth-order valence-electron chi connectivity index (χ4n) is 5.46. The minimum Gasteiger partial charge on any atom is -0.383 e. The van der Waals surface area contributed by atoms with Gasteiger partial charge in [-0.2, -0.15) is 11.3 Å². The SMILES string of the molecule is CCC.CCC(C)(C)C.CNC(=O)C(NC(=O)c1nc(-c2csc3ccccc23)n2c1CN(C)CC2)C(C)(C)C.NC(=NCCNCc1cncnc1)c1ccsc1.NC=O.NC=O. The van der Waals surface area contributed by atoms with Crippen molar-refractivity contribution in [3.05, 3.63) is 87.7 Å². The Bertz CT molecular complexity index is 2120. The van der Waals surface area contributed by atoms with Gasteiger partial charge in [-0.15, -0.1) is 11.3 Å². The number of benzene rings is 1. The van der Waals surface area contributed by atoms with Crippen molar-refractivity contribution in [1.29, 1.82) is 0 Å². The Morgan fingerprint density at radius 3 is 2.12 bits per heavy atom. The Morgan fingerprint density at radius 1 is 0.969 bits per heavy atom. The quantitative estimate of drug-likeness (QED) is 0.0401. The molecule has 18 heteroatoms. The average Bonchev–Trinajstić information content (AvgIpc) is 4.03. The molecule has 352 valence electrons. The first-order chi connectivity index (χ1) is 30.4. The van der Waals surface area contributed by atoms with Gasteiger partial charge in [-0.25, -0.2) is 15.0 Å². The molecule has 16 nitrogen and oxygen atoms in total. The predicted octanol–water partition coefficient (Wildman–Crippen LogP) is 6.20. The fourth-order valence-corrected chi connectivity index (χ4v) is 7.05. The lowest BCUT2D eigenvalue weighted by atomic mass is 9.86. The normalized spacial score (nSPS) is 12.6. The Balaban J connectivity index is 0.000000521. The van der Waals surface area contributed by atoms with E-state index in [0.717, 1.165) is 59.8 Å². The number of carbonyl (C=O) groups excluding carboxylic acids is 4. The van der Waals surface area contributed by atoms with Gasteiger partial charge in [-0.1, -0.05) is 93.4 Å². The molecule has 1 aliphatic rings. The third kappa shape index (κ3) is 19.9. The van der Waals surface area contributed by atoms with Crippen LogP contribution in [0, 0.1) is 10.8 Å². The van der Waals surface area contributed by atoms with Gasteiger partial charge in [0.25, 0.3) is 5.91 Å². The molecular weight excluding hydrogens is 849 g/mol. The van der Waals surface area contributed by atoms with Gasteiger partial charge in [0.05, 0.1) is 12.2 Å². The van der Waals surface area contributed by atoms with Crippen LogP contribution in [0.3, 0.4) is 0 Å². The van der Waals surface area contributed by atoms with E-state index in [-0.39, 0.29) is 24.6 Å². The maximum absolute atomic E-state index is 13.4. The van der Waals surface area contributed by atoms with Crippen LogP contribution in [0.5, 0.6) is 0 Å². The molecule has 5 aromatic rings. The zero-order valence-electron chi connectivity index (χ0n) is 39.6. The molecule has 0 aliphatic carbocycles. The van der Waals surface area contributed by atoms with E-state index in [1.165, 1.54) is 23.9 Å². The van der Waals surface area contributed by atoms with Gasteiger partial charge in [-0.05, 0) is 35.4 Å². The Hall–Kier alpha value is -5.56. The first kappa shape index (κ1) is 56.5. The van der Waals surface area contributed by atoms with Gasteiger partial charge in [0.2, 0.25) is 18.7 Å². The van der Waals surface area contributed by atoms with E-state index >= 15 is 0 Å². The number of thiophene rings is 2. The van der Waals surface area contributed by atoms with Crippen molar-refractivity contribution in [2.24, 2.45) is 33.0 Å². The molecule has 0 radical (unpaired) electrons. The summed E-state index contributed by atoms with van der Waals surface area (Å²) in [6, 6.07) is 9.56. The minimum absolute atomic E-state index is 0.213. The number of aromatic nitrogens is 4. The molecule has 4 amide bonds. The molecule has 5 heterocycles. The fraction of sp³-hybridized carbons (Fsp3) is 0.478. The summed E-state index contributed by atoms with van der Waals surface area (Å²) in [5.74, 6) is 0.891. The van der Waals surface area contributed by atoms with Crippen molar-refractivity contribution in [2.45, 2.75) is 101 Å². The van der Waals surface area contributed by atoms with Crippen LogP contribution in [-0.4, -0.2) is 94.7 Å². The first-order valence-corrected chi connectivity index (χ1v) is 23.0. The largest absolute Gasteiger partial charge is 0.383 e. The van der Waals surface area contributed by atoms with Gasteiger partial charge in [0.1, 0.15) is 24.0 Å². The number of nitrogens with one attached hydrogen (secondary N) is 3. The lowest BCUT2D eigenvalue weighted by Gasteiger charge is -2.30. The molecule has 9 N–H and O–H groups in total. The van der Waals surface area contributed by atoms with Crippen molar-refractivity contribution in [1.82, 2.24) is 40.4 Å². The average molecular weight is 921 g/mol. The summed E-state index contributed by atoms with van der Waals surface area (Å²) >= 11 is 3.30. The summed E-state index contributed by atoms with van der Waals surface area (Å²) in [5.41, 5.74) is 18.7. The second-order valence-corrected chi connectivity index (χ2v) is 18.4. The standard InChI is InChI=1S/C23H29N5O2S.C12H15N5S.C6H14.C3H8.2CH3NO/c1-23(2,3)19(22(30)24-4)26-21(29)18-16-12-27(5)10-11-28(16)20(25-18)15-13-31-17-9-7-6-8-14(15)17;13-12(11-1-4-18-8-11)17-3-2-14-5-10-6-15-9-16-7-10;1-5-6(2,3)4;1-3-2;2*2-1-3/h6-9,13,19H,10-12H2,1-5H3,(H,24,30)(H,26,29);1,4,6-9,14H,2-3,5H2,(H2,13,17);5H2,1-4H3;3H2,1-2H3;2*1H,(H2,2,3). The van der Waals surface area contributed by atoms with Crippen LogP contribution in [0.15, 0.2) is 70.2 Å². The lowest BCUT2D eigenvalue weighted by Crippen LogP contribution is -2.53. The van der Waals surface area contributed by atoms with E-state index < -0.39 is 11.5 Å². The Labute approximate surface area is 387 Å². The molecule has 1 unspecified atom stereocenters. The number of hydrogen-bond acceptors (Lipinski definition) is 12. The number of nitrogens with two attached hydrogens (primary N) is 3. The van der Waals surface area contributed by atoms with E-state index in [9.17, 15) is 9.59 Å². The van der Waals surface area contributed by atoms with Crippen molar-refractivity contribution in [2.75, 3.05) is 33.7 Å². The van der Waals surface area contributed by atoms with E-state index in [1.54, 1.807) is 42.1 Å². The number of rotatable bonds is 10. The van der Waals surface area contributed by atoms with Crippen LogP contribution in [0.2, 0.25) is 0 Å². The lowest BCUT2D eigenvalue weighted by molar-refractivity contribution is -0.124. The maximum atomic E-state index is 13.4. The van der Waals surface area contributed by atoms with Crippen LogP contribution < -0.4 is 33.2 Å². The van der Waals surface area contributed by atoms with Crippen LogP contribution in [-0.2, 0) is 34.0 Å². The van der Waals surface area contributed by atoms with Crippen molar-refractivity contribution >= 4 is 63.2 Å². The molecule has 1 aromatic carbocycles. The molecule has 0 fully saturated rings. The molecular formula is C46H72N12O4S2. The molecule has 0 saturated heterocycles. The zero-order valence-corrected chi connectivity index (χ0v) is 41.2. The highest BCUT2D eigenvalue weighted by molar-refractivity contribution is 7.17. The Kier molecular flexibility index (Phi) is 26.2. The second kappa shape index (κ2) is 29.7. The molecule has 0 spiro atoms. The highest BCUT2D eigenvalue weighted by Gasteiger charge is 2.35. The summed E-state index contributed by atoms with van der Waals surface area (Å²) < 4.78 is 3.36. The van der Waals surface area contributed by atoms with Gasteiger partial charge in [-0.3, -0.25) is 29.1 Å². The number of hydrogen-bond donors (Lipinski definition) is 6. The van der Waals surface area contributed by atoms with E-state index in [0.29, 0.717) is 30.0 Å². The van der Waals surface area contributed by atoms with Crippen LogP contribution in [0.4, 0.5) is 0 Å². The monoisotopic (exact) mass is 921 g/mol. The number of amidine groups is 1. The molecule has 0 saturated carbocycles. The van der Waals surface area contributed by atoms with E-state index in [1.807, 2.05) is 56.8 Å². The topological polar surface area (TPSA) is 242 Å². The molecule has 1 atom stereocenters. The first-order valence-electron chi connectivity index (χ1n) is 21.2. The highest BCUT2D eigenvalue weighted by atomic mass is 32.1. The van der Waals surface area contributed by atoms with E-state index in [2.05, 4.69) is 111 Å². The Morgan fingerprint density at radius 2 is 1.58 bits per heavy atom. The minimum atomic E-state index is -0.658. The maximum Gasteiger partial charge on any atom is 0.272 e. The van der Waals surface area contributed by atoms with Crippen molar-refractivity contribution in [3.8, 4) is 11.4 Å². The summed E-state index contributed by atoms with van der Waals surface area (Å²) in [6.45, 7) is 23.5. The number of likely N-dealkylation sites (N-methyl/N-ethyl adjacent to an activating group) is 2. The van der Waals surface area contributed by atoms with Gasteiger partial charge in [0, 0.05) is 89.7 Å². The molecule has 6 rings (SSSR count). The van der Waals surface area contributed by atoms with Crippen LogP contribution in [0.1, 0.15) is 102 Å². The van der Waals surface area contributed by atoms with Crippen molar-refractivity contribution < 1.29 is 19.2 Å². The summed E-state index contributed by atoms with van der Waals surface area (Å²) in [4.78, 5) is 62.2. The number of nitrogens with zero attached hydrogens (tertiary/aromatic N) is 6. The molecule has 4 aromatic heterocycles. The van der Waals surface area contributed by atoms with Crippen molar-refractivity contribution in [3.63, 3.8) is 0 Å². The number of primary amides is 2. The third-order valence-corrected chi connectivity index (χ3v) is 10.8. The number of imidazole rings is 1. The third-order valence-electron chi connectivity index (χ3n) is 9.18. The zero-order chi connectivity index (χ0) is 48.3. The van der Waals surface area contributed by atoms with Gasteiger partial charge < -0.3 is 37.7 Å². The smallest absolute Gasteiger partial charge is 0.272 e. The van der Waals surface area contributed by atoms with Gasteiger partial charge >= 0.3 is 0 Å². The summed E-state index contributed by atoms with van der Waals surface area (Å²) in [7, 11) is 3.63. The molecule has 1 aliphatic heterocycles. The molecule has 64 heavy (non-hydrogen) atoms. The van der Waals surface area contributed by atoms with E-state index in [4.69, 9.17) is 20.3 Å². The van der Waals surface area contributed by atoms with Crippen LogP contribution in [0.25, 0.3) is 21.5 Å². The number of amides is 4. The number of carbonyl (C=O) groups is 4. The predicted molar refractivity (Wildman–Crippen MR) is 264 cm³/mol. The van der Waals surface area contributed by atoms with Crippen LogP contribution >= 0.6 is 22.7 Å². The number of fused-ring (bicyclic) bond motifs is 2. The second-order valence-electron chi connectivity index (χ2n) is 16.7. The summed E-state index contributed by atoms with van der Waals surface area (Å²) in [5, 5.41) is 16.1. The summed E-state index contributed by atoms with van der Waals surface area (Å²) in [6.07, 6.45) is 8.13. The van der Waals surface area contributed by atoms with Gasteiger partial charge in [0.15, 0.2) is 5.69 Å².